The second-order valence-electron chi connectivity index (χ2n) is 13.4. The zero-order valence-electron chi connectivity index (χ0n) is 27.6. The molecule has 2 atom stereocenters. The topological polar surface area (TPSA) is 100 Å². The number of anilines is 2. The standard InChI is InChI=1S/C37H43F2N5O3/c1-24-19-31(42-34(20-24)43-33-21-28(35(38)39)17-18-40-33)29-13-16-32(41-22-29)37(3,46)30-14-11-27(12-15-30)36(45)47-23-44(4,5)25(2)26-9-7-6-8-10-26/h6-10,13,16-22,25,27,30,35H,11-12,14-15,23H2,1-5H3,(H,40,42,43)/t25?,27?,30?,37-/m1/s1. The first-order valence-corrected chi connectivity index (χ1v) is 16.0. The van der Waals surface area contributed by atoms with Crippen molar-refractivity contribution in [2.24, 2.45) is 11.8 Å². The van der Waals surface area contributed by atoms with Crippen LogP contribution in [0.5, 0.6) is 0 Å². The molecule has 1 fully saturated rings. The van der Waals surface area contributed by atoms with E-state index in [9.17, 15) is 18.7 Å². The molecule has 5 rings (SSSR count). The fourth-order valence-electron chi connectivity index (χ4n) is 6.18. The van der Waals surface area contributed by atoms with Crippen LogP contribution in [-0.4, -0.2) is 46.2 Å². The molecule has 0 bridgehead atoms. The van der Waals surface area contributed by atoms with Crippen LogP contribution in [0.25, 0.3) is 11.3 Å². The summed E-state index contributed by atoms with van der Waals surface area (Å²) in [5.41, 5.74) is 2.34. The van der Waals surface area contributed by atoms with Crippen molar-refractivity contribution in [1.29, 1.82) is 0 Å². The van der Waals surface area contributed by atoms with E-state index in [1.54, 1.807) is 25.3 Å². The van der Waals surface area contributed by atoms with E-state index in [4.69, 9.17) is 4.74 Å². The van der Waals surface area contributed by atoms with Crippen LogP contribution in [0.3, 0.4) is 0 Å². The fourth-order valence-corrected chi connectivity index (χ4v) is 6.18. The molecule has 10 heteroatoms. The van der Waals surface area contributed by atoms with Gasteiger partial charge in [0.2, 0.25) is 6.73 Å². The molecule has 4 aromatic rings. The van der Waals surface area contributed by atoms with Gasteiger partial charge in [0.05, 0.1) is 25.7 Å². The number of nitrogens with zero attached hydrogens (tertiary/aromatic N) is 4. The minimum atomic E-state index is -2.60. The van der Waals surface area contributed by atoms with Gasteiger partial charge in [-0.1, -0.05) is 55.7 Å². The van der Waals surface area contributed by atoms with Gasteiger partial charge in [0.15, 0.2) is 0 Å². The Kier molecular flexibility index (Phi) is 10.3. The normalized spacial score (nSPS) is 18.7. The number of nitrogens with one attached hydrogen (secondary N) is 1. The van der Waals surface area contributed by atoms with E-state index >= 15 is 0 Å². The minimum Gasteiger partial charge on any atom is -0.845 e. The number of aryl methyl sites for hydroxylation is 1. The first-order valence-electron chi connectivity index (χ1n) is 16.0. The Labute approximate surface area is 275 Å². The molecule has 8 nitrogen and oxygen atoms in total. The first kappa shape index (κ1) is 34.1. The molecule has 0 amide bonds. The quantitative estimate of drug-likeness (QED) is 0.104. The number of rotatable bonds is 11. The molecule has 0 radical (unpaired) electrons. The number of benzene rings is 1. The number of carbonyl (C=O) groups is 1. The number of hydrogen-bond donors (Lipinski definition) is 1. The van der Waals surface area contributed by atoms with Gasteiger partial charge in [-0.3, -0.25) is 14.3 Å². The molecule has 0 spiro atoms. The second kappa shape index (κ2) is 14.2. The Morgan fingerprint density at radius 2 is 1.72 bits per heavy atom. The Balaban J connectivity index is 1.18. The molecule has 1 aliphatic rings. The summed E-state index contributed by atoms with van der Waals surface area (Å²) in [7, 11) is 4.12. The van der Waals surface area contributed by atoms with Crippen LogP contribution in [0.15, 0.2) is 79.1 Å². The number of pyridine rings is 3. The van der Waals surface area contributed by atoms with E-state index in [1.165, 1.54) is 23.9 Å². The number of hydrogen-bond acceptors (Lipinski definition) is 7. The first-order chi connectivity index (χ1) is 22.3. The van der Waals surface area contributed by atoms with Crippen molar-refractivity contribution in [1.82, 2.24) is 15.0 Å². The summed E-state index contributed by atoms with van der Waals surface area (Å²) < 4.78 is 32.6. The van der Waals surface area contributed by atoms with Crippen molar-refractivity contribution in [3.8, 4) is 11.3 Å². The maximum Gasteiger partial charge on any atom is 0.313 e. The number of alkyl halides is 2. The van der Waals surface area contributed by atoms with E-state index in [-0.39, 0.29) is 42.0 Å². The molecule has 248 valence electrons. The third kappa shape index (κ3) is 8.18. The summed E-state index contributed by atoms with van der Waals surface area (Å²) in [4.78, 5) is 26.4. The van der Waals surface area contributed by atoms with Gasteiger partial charge in [-0.15, -0.1) is 0 Å². The van der Waals surface area contributed by atoms with Crippen LogP contribution >= 0.6 is 0 Å². The molecule has 0 saturated heterocycles. The van der Waals surface area contributed by atoms with Gasteiger partial charge in [0, 0.05) is 34.8 Å². The van der Waals surface area contributed by atoms with Gasteiger partial charge < -0.3 is 15.2 Å². The summed E-state index contributed by atoms with van der Waals surface area (Å²) in [6, 6.07) is 20.2. The number of halogens is 2. The molecule has 47 heavy (non-hydrogen) atoms. The summed E-state index contributed by atoms with van der Waals surface area (Å²) in [6.07, 6.45) is 2.84. The van der Waals surface area contributed by atoms with E-state index in [2.05, 4.69) is 53.4 Å². The fraction of sp³-hybridized carbons (Fsp3) is 0.405. The van der Waals surface area contributed by atoms with E-state index in [1.807, 2.05) is 37.3 Å². The number of aromatic nitrogens is 3. The van der Waals surface area contributed by atoms with Crippen LogP contribution in [0.2, 0.25) is 0 Å². The van der Waals surface area contributed by atoms with Gasteiger partial charge in [0.1, 0.15) is 17.7 Å². The van der Waals surface area contributed by atoms with Gasteiger partial charge in [-0.25, -0.2) is 18.7 Å². The molecule has 3 aromatic heterocycles. The van der Waals surface area contributed by atoms with Crippen LogP contribution < -0.4 is 10.4 Å². The SMILES string of the molecule is Cc1cc(Nc2cc(C(F)F)ccn2)nc(-c2ccc([C@](C)([O-])C3CCC(C(=O)OC[N+](C)(C)C(C)c4ccccc4)CC3)nc2)c1. The monoisotopic (exact) mass is 643 g/mol. The summed E-state index contributed by atoms with van der Waals surface area (Å²) in [5.74, 6) is 0.153. The predicted molar refractivity (Wildman–Crippen MR) is 175 cm³/mol. The lowest BCUT2D eigenvalue weighted by molar-refractivity contribution is -0.935. The molecule has 0 aliphatic heterocycles. The smallest absolute Gasteiger partial charge is 0.313 e. The van der Waals surface area contributed by atoms with Crippen molar-refractivity contribution >= 4 is 17.6 Å². The van der Waals surface area contributed by atoms with Crippen molar-refractivity contribution in [2.75, 3.05) is 26.1 Å². The summed E-state index contributed by atoms with van der Waals surface area (Å²) in [6.45, 7) is 6.00. The highest BCUT2D eigenvalue weighted by atomic mass is 19.3. The summed E-state index contributed by atoms with van der Waals surface area (Å²) >= 11 is 0. The number of esters is 1. The van der Waals surface area contributed by atoms with Crippen LogP contribution in [0, 0.1) is 18.8 Å². The molecular weight excluding hydrogens is 600 g/mol. The van der Waals surface area contributed by atoms with Crippen LogP contribution in [0.4, 0.5) is 20.4 Å². The van der Waals surface area contributed by atoms with Gasteiger partial charge >= 0.3 is 5.97 Å². The van der Waals surface area contributed by atoms with Gasteiger partial charge in [-0.05, 0) is 74.6 Å². The Morgan fingerprint density at radius 3 is 2.38 bits per heavy atom. The largest absolute Gasteiger partial charge is 0.845 e. The Bertz CT molecular complexity index is 1660. The van der Waals surface area contributed by atoms with E-state index in [0.29, 0.717) is 47.4 Å². The third-order valence-corrected chi connectivity index (χ3v) is 9.54. The maximum atomic E-state index is 14.0. The average molecular weight is 644 g/mol. The zero-order chi connectivity index (χ0) is 33.8. The van der Waals surface area contributed by atoms with Crippen molar-refractivity contribution in [3.63, 3.8) is 0 Å². The lowest BCUT2D eigenvalue weighted by Gasteiger charge is -2.46. The van der Waals surface area contributed by atoms with E-state index in [0.717, 1.165) is 11.1 Å². The molecule has 1 aliphatic carbocycles. The summed E-state index contributed by atoms with van der Waals surface area (Å²) in [5, 5.41) is 17.0. The van der Waals surface area contributed by atoms with Gasteiger partial charge in [0.25, 0.3) is 6.43 Å². The predicted octanol–water partition coefficient (Wildman–Crippen LogP) is 7.25. The Hall–Kier alpha value is -4.28. The van der Waals surface area contributed by atoms with Crippen molar-refractivity contribution in [3.05, 3.63) is 102 Å². The molecule has 1 N–H and O–H groups in total. The minimum absolute atomic E-state index is 0.128. The second-order valence-corrected chi connectivity index (χ2v) is 13.4. The maximum absolute atomic E-state index is 14.0. The lowest BCUT2D eigenvalue weighted by Crippen LogP contribution is -2.47. The molecule has 1 unspecified atom stereocenters. The number of quaternary nitrogens is 1. The molecule has 1 aromatic carbocycles. The number of carbonyl (C=O) groups excluding carboxylic acids is 1. The molecule has 1 saturated carbocycles. The third-order valence-electron chi connectivity index (χ3n) is 9.54. The highest BCUT2D eigenvalue weighted by molar-refractivity contribution is 5.72. The van der Waals surface area contributed by atoms with E-state index < -0.39 is 12.0 Å². The van der Waals surface area contributed by atoms with Crippen LogP contribution in [-0.2, 0) is 15.1 Å². The van der Waals surface area contributed by atoms with Crippen LogP contribution in [0.1, 0.15) is 74.4 Å². The molecule has 3 heterocycles. The molecular formula is C37H43F2N5O3. The zero-order valence-corrected chi connectivity index (χ0v) is 27.6. The number of ether oxygens (including phenoxy) is 1. The highest BCUT2D eigenvalue weighted by Gasteiger charge is 2.35. The highest BCUT2D eigenvalue weighted by Crippen LogP contribution is 2.39. The average Bonchev–Trinajstić information content (AvgIpc) is 3.07. The van der Waals surface area contributed by atoms with Crippen molar-refractivity contribution in [2.45, 2.75) is 64.5 Å². The Morgan fingerprint density at radius 1 is 1.00 bits per heavy atom. The van der Waals surface area contributed by atoms with Gasteiger partial charge in [-0.2, -0.15) is 0 Å². The van der Waals surface area contributed by atoms with Crippen molar-refractivity contribution < 1.29 is 27.9 Å². The lowest BCUT2D eigenvalue weighted by atomic mass is 9.73.